The van der Waals surface area contributed by atoms with E-state index in [-0.39, 0.29) is 18.0 Å². The van der Waals surface area contributed by atoms with Crippen molar-refractivity contribution in [3.8, 4) is 0 Å². The average Bonchev–Trinajstić information content (AvgIpc) is 2.84. The number of aliphatic hydroxyl groups excluding tert-OH is 1. The van der Waals surface area contributed by atoms with Gasteiger partial charge in [0.2, 0.25) is 0 Å². The van der Waals surface area contributed by atoms with Crippen LogP contribution in [-0.4, -0.2) is 57.8 Å². The lowest BCUT2D eigenvalue weighted by molar-refractivity contribution is -0.140. The molecule has 0 bridgehead atoms. The number of hydrogen-bond acceptors (Lipinski definition) is 5. The molecule has 2 rings (SSSR count). The zero-order chi connectivity index (χ0) is 12.6. The van der Waals surface area contributed by atoms with Crippen molar-refractivity contribution in [1.82, 2.24) is 14.5 Å². The van der Waals surface area contributed by atoms with E-state index in [4.69, 9.17) is 5.11 Å². The lowest BCUT2D eigenvalue weighted by Crippen LogP contribution is -2.40. The quantitative estimate of drug-likeness (QED) is 0.616. The molecule has 0 amide bonds. The number of carboxylic acid groups (broad SMARTS) is 1. The smallest absolute Gasteiger partial charge is 0.322 e. The Morgan fingerprint density at radius 2 is 2.29 bits per heavy atom. The summed E-state index contributed by atoms with van der Waals surface area (Å²) in [7, 11) is -3.95. The van der Waals surface area contributed by atoms with Gasteiger partial charge in [-0.05, 0) is 6.07 Å². The lowest BCUT2D eigenvalue weighted by Gasteiger charge is -2.19. The molecular weight excluding hydrogens is 250 g/mol. The second-order valence-electron chi connectivity index (χ2n) is 3.74. The van der Waals surface area contributed by atoms with Gasteiger partial charge in [-0.2, -0.15) is 9.40 Å². The van der Waals surface area contributed by atoms with Gasteiger partial charge < -0.3 is 10.2 Å². The van der Waals surface area contributed by atoms with Gasteiger partial charge in [0.15, 0.2) is 5.03 Å². The van der Waals surface area contributed by atoms with E-state index >= 15 is 0 Å². The van der Waals surface area contributed by atoms with Crippen LogP contribution in [0.4, 0.5) is 0 Å². The van der Waals surface area contributed by atoms with Crippen LogP contribution in [0.15, 0.2) is 17.3 Å². The molecule has 1 saturated heterocycles. The molecule has 0 spiro atoms. The van der Waals surface area contributed by atoms with Crippen molar-refractivity contribution in [2.24, 2.45) is 0 Å². The van der Waals surface area contributed by atoms with Crippen molar-refractivity contribution in [3.63, 3.8) is 0 Å². The van der Waals surface area contributed by atoms with E-state index in [2.05, 4.69) is 10.2 Å². The van der Waals surface area contributed by atoms with Crippen LogP contribution in [0.1, 0.15) is 6.42 Å². The highest BCUT2D eigenvalue weighted by atomic mass is 32.2. The van der Waals surface area contributed by atoms with Crippen LogP contribution in [0.3, 0.4) is 0 Å². The molecule has 1 aromatic heterocycles. The third kappa shape index (κ3) is 2.04. The normalized spacial score (nSPS) is 26.2. The van der Waals surface area contributed by atoms with E-state index in [1.165, 1.54) is 12.3 Å². The molecule has 1 aromatic rings. The predicted molar refractivity (Wildman–Crippen MR) is 54.5 cm³/mol. The summed E-state index contributed by atoms with van der Waals surface area (Å²) in [5.74, 6) is -1.27. The average molecular weight is 261 g/mol. The monoisotopic (exact) mass is 261 g/mol. The molecule has 1 aliphatic rings. The van der Waals surface area contributed by atoms with Crippen molar-refractivity contribution in [2.45, 2.75) is 23.6 Å². The fraction of sp³-hybridized carbons (Fsp3) is 0.500. The molecule has 94 valence electrons. The Balaban J connectivity index is 2.36. The molecule has 9 heteroatoms. The molecule has 1 fully saturated rings. The van der Waals surface area contributed by atoms with E-state index in [1.54, 1.807) is 0 Å². The first-order chi connectivity index (χ1) is 7.93. The molecule has 2 heterocycles. The van der Waals surface area contributed by atoms with Crippen molar-refractivity contribution in [1.29, 1.82) is 0 Å². The minimum absolute atomic E-state index is 0.108. The predicted octanol–water partition coefficient (Wildman–Crippen LogP) is -1.38. The van der Waals surface area contributed by atoms with Gasteiger partial charge >= 0.3 is 5.97 Å². The molecule has 17 heavy (non-hydrogen) atoms. The van der Waals surface area contributed by atoms with Crippen LogP contribution < -0.4 is 0 Å². The van der Waals surface area contributed by atoms with Gasteiger partial charge in [0, 0.05) is 13.0 Å². The minimum atomic E-state index is -3.95. The first kappa shape index (κ1) is 12.0. The van der Waals surface area contributed by atoms with Crippen molar-refractivity contribution in [2.75, 3.05) is 6.54 Å². The van der Waals surface area contributed by atoms with Gasteiger partial charge in [-0.1, -0.05) is 0 Å². The highest BCUT2D eigenvalue weighted by Gasteiger charge is 2.43. The van der Waals surface area contributed by atoms with E-state index in [0.717, 1.165) is 4.31 Å². The number of nitrogens with one attached hydrogen (secondary N) is 1. The number of nitrogens with zero attached hydrogens (tertiary/aromatic N) is 2. The number of rotatable bonds is 3. The number of β-amino-alcohol motifs (C(OH)–C–C–N with tert-alkyl or cyclic N) is 1. The molecule has 0 radical (unpaired) electrons. The van der Waals surface area contributed by atoms with Crippen LogP contribution in [-0.2, 0) is 14.8 Å². The summed E-state index contributed by atoms with van der Waals surface area (Å²) in [6, 6.07) is -0.00262. The zero-order valence-electron chi connectivity index (χ0n) is 8.65. The topological polar surface area (TPSA) is 124 Å². The third-order valence-electron chi connectivity index (χ3n) is 2.58. The summed E-state index contributed by atoms with van der Waals surface area (Å²) < 4.78 is 24.8. The van der Waals surface area contributed by atoms with Crippen LogP contribution in [0.2, 0.25) is 0 Å². The summed E-state index contributed by atoms with van der Waals surface area (Å²) in [6.07, 6.45) is 0.187. The molecule has 1 aliphatic heterocycles. The molecular formula is C8H11N3O5S. The molecule has 3 N–H and O–H groups in total. The fourth-order valence-electron chi connectivity index (χ4n) is 1.79. The van der Waals surface area contributed by atoms with Crippen molar-refractivity contribution in [3.05, 3.63) is 12.3 Å². The summed E-state index contributed by atoms with van der Waals surface area (Å²) in [5.41, 5.74) is 0. The Morgan fingerprint density at radius 3 is 2.82 bits per heavy atom. The van der Waals surface area contributed by atoms with Crippen LogP contribution in [0.25, 0.3) is 0 Å². The van der Waals surface area contributed by atoms with Gasteiger partial charge in [-0.3, -0.25) is 9.89 Å². The first-order valence-electron chi connectivity index (χ1n) is 4.85. The highest BCUT2D eigenvalue weighted by Crippen LogP contribution is 2.25. The SMILES string of the molecule is O=C(O)[C@@H]1C[C@@H](O)CN1S(=O)(=O)c1ccn[nH]1. The molecule has 0 aliphatic carbocycles. The summed E-state index contributed by atoms with van der Waals surface area (Å²) in [4.78, 5) is 10.9. The first-order valence-corrected chi connectivity index (χ1v) is 6.29. The van der Waals surface area contributed by atoms with Crippen LogP contribution in [0, 0.1) is 0 Å². The Hall–Kier alpha value is -1.45. The number of aliphatic carboxylic acids is 1. The molecule has 8 nitrogen and oxygen atoms in total. The fourth-order valence-corrected chi connectivity index (χ4v) is 3.32. The van der Waals surface area contributed by atoms with Gasteiger partial charge in [0.1, 0.15) is 6.04 Å². The molecule has 0 aromatic carbocycles. The third-order valence-corrected chi connectivity index (χ3v) is 4.38. The Bertz CT molecular complexity index is 511. The van der Waals surface area contributed by atoms with E-state index < -0.39 is 28.1 Å². The number of carboxylic acids is 1. The maximum atomic E-state index is 12.0. The standard InChI is InChI=1S/C8H11N3O5S/c12-5-3-6(8(13)14)11(4-5)17(15,16)7-1-2-9-10-7/h1-2,5-6,12H,3-4H2,(H,9,10)(H,13,14)/t5-,6+/m1/s1. The minimum Gasteiger partial charge on any atom is -0.480 e. The Morgan fingerprint density at radius 1 is 1.59 bits per heavy atom. The van der Waals surface area contributed by atoms with Crippen LogP contribution in [0.5, 0.6) is 0 Å². The Labute approximate surface area is 96.9 Å². The number of carbonyl (C=O) groups is 1. The van der Waals surface area contributed by atoms with Gasteiger partial charge in [-0.15, -0.1) is 0 Å². The largest absolute Gasteiger partial charge is 0.480 e. The number of H-pyrrole nitrogens is 1. The Kier molecular flexibility index (Phi) is 2.89. The van der Waals surface area contributed by atoms with Gasteiger partial charge in [-0.25, -0.2) is 8.42 Å². The molecule has 2 atom stereocenters. The zero-order valence-corrected chi connectivity index (χ0v) is 9.46. The molecule has 0 saturated carbocycles. The van der Waals surface area contributed by atoms with E-state index in [0.29, 0.717) is 0 Å². The maximum absolute atomic E-state index is 12.0. The second kappa shape index (κ2) is 4.09. The lowest BCUT2D eigenvalue weighted by atomic mass is 10.2. The number of hydrogen-bond donors (Lipinski definition) is 3. The van der Waals surface area contributed by atoms with Crippen LogP contribution >= 0.6 is 0 Å². The molecule has 0 unspecified atom stereocenters. The summed E-state index contributed by atoms with van der Waals surface area (Å²) in [6.45, 7) is -0.224. The second-order valence-corrected chi connectivity index (χ2v) is 5.60. The maximum Gasteiger partial charge on any atom is 0.322 e. The number of sulfonamides is 1. The van der Waals surface area contributed by atoms with E-state index in [1.807, 2.05) is 0 Å². The van der Waals surface area contributed by atoms with Crippen molar-refractivity contribution < 1.29 is 23.4 Å². The highest BCUT2D eigenvalue weighted by molar-refractivity contribution is 7.89. The summed E-state index contributed by atoms with van der Waals surface area (Å²) >= 11 is 0. The van der Waals surface area contributed by atoms with E-state index in [9.17, 15) is 18.3 Å². The summed E-state index contributed by atoms with van der Waals surface area (Å²) in [5, 5.41) is 23.9. The van der Waals surface area contributed by atoms with Gasteiger partial charge in [0.05, 0.1) is 12.3 Å². The van der Waals surface area contributed by atoms with Crippen molar-refractivity contribution >= 4 is 16.0 Å². The number of aliphatic hydroxyl groups is 1. The van der Waals surface area contributed by atoms with Gasteiger partial charge in [0.25, 0.3) is 10.0 Å². The number of aromatic amines is 1. The number of aromatic nitrogens is 2.